The van der Waals surface area contributed by atoms with Crippen LogP contribution in [0.25, 0.3) is 0 Å². The number of halogens is 1. The van der Waals surface area contributed by atoms with Gasteiger partial charge in [-0.3, -0.25) is 0 Å². The Morgan fingerprint density at radius 2 is 1.68 bits per heavy atom. The third-order valence-corrected chi connectivity index (χ3v) is 4.22. The number of rotatable bonds is 5. The maximum Gasteiger partial charge on any atom is 0.123 e. The molecular formula is C16H18FNS. The fraction of sp³-hybridized carbons (Fsp3) is 0.250. The summed E-state index contributed by atoms with van der Waals surface area (Å²) in [4.78, 5) is 1.23. The van der Waals surface area contributed by atoms with Gasteiger partial charge in [-0.2, -0.15) is 0 Å². The Labute approximate surface area is 118 Å². The van der Waals surface area contributed by atoms with E-state index in [4.69, 9.17) is 0 Å². The Morgan fingerprint density at radius 1 is 1.05 bits per heavy atom. The van der Waals surface area contributed by atoms with Gasteiger partial charge in [-0.1, -0.05) is 24.3 Å². The highest BCUT2D eigenvalue weighted by atomic mass is 32.2. The van der Waals surface area contributed by atoms with Gasteiger partial charge >= 0.3 is 0 Å². The first kappa shape index (κ1) is 14.1. The van der Waals surface area contributed by atoms with Crippen LogP contribution < -0.4 is 5.32 Å². The van der Waals surface area contributed by atoms with Gasteiger partial charge in [0.05, 0.1) is 0 Å². The summed E-state index contributed by atoms with van der Waals surface area (Å²) in [6, 6.07) is 15.6. The molecule has 2 aromatic rings. The molecule has 0 bridgehead atoms. The lowest BCUT2D eigenvalue weighted by molar-refractivity contribution is 0.627. The van der Waals surface area contributed by atoms with Crippen LogP contribution in [0.15, 0.2) is 53.4 Å². The van der Waals surface area contributed by atoms with Gasteiger partial charge in [0.25, 0.3) is 0 Å². The van der Waals surface area contributed by atoms with Crippen molar-refractivity contribution < 1.29 is 4.39 Å². The van der Waals surface area contributed by atoms with Crippen LogP contribution in [0.5, 0.6) is 0 Å². The van der Waals surface area contributed by atoms with E-state index in [-0.39, 0.29) is 5.82 Å². The summed E-state index contributed by atoms with van der Waals surface area (Å²) >= 11 is 1.76. The van der Waals surface area contributed by atoms with Crippen molar-refractivity contribution in [2.75, 3.05) is 7.05 Å². The van der Waals surface area contributed by atoms with Crippen LogP contribution in [0.1, 0.15) is 24.1 Å². The molecule has 0 amide bonds. The lowest BCUT2D eigenvalue weighted by Crippen LogP contribution is -2.11. The second-order valence-corrected chi connectivity index (χ2v) is 5.54. The van der Waals surface area contributed by atoms with E-state index in [0.29, 0.717) is 6.04 Å². The van der Waals surface area contributed by atoms with Crippen molar-refractivity contribution in [3.05, 3.63) is 65.5 Å². The van der Waals surface area contributed by atoms with E-state index in [0.717, 1.165) is 11.3 Å². The molecule has 0 spiro atoms. The normalized spacial score (nSPS) is 12.4. The third-order valence-electron chi connectivity index (χ3n) is 3.13. The molecule has 0 aromatic heterocycles. The summed E-state index contributed by atoms with van der Waals surface area (Å²) in [7, 11) is 1.96. The lowest BCUT2D eigenvalue weighted by Gasteiger charge is -2.11. The van der Waals surface area contributed by atoms with Crippen molar-refractivity contribution in [2.24, 2.45) is 0 Å². The zero-order chi connectivity index (χ0) is 13.7. The van der Waals surface area contributed by atoms with Crippen LogP contribution >= 0.6 is 11.8 Å². The smallest absolute Gasteiger partial charge is 0.123 e. The molecule has 2 rings (SSSR count). The summed E-state index contributed by atoms with van der Waals surface area (Å²) in [5, 5.41) is 3.22. The molecule has 19 heavy (non-hydrogen) atoms. The average Bonchev–Trinajstić information content (AvgIpc) is 2.46. The summed E-state index contributed by atoms with van der Waals surface area (Å²) in [5.41, 5.74) is 2.42. The van der Waals surface area contributed by atoms with Crippen molar-refractivity contribution in [1.82, 2.24) is 5.32 Å². The molecule has 0 fully saturated rings. The zero-order valence-electron chi connectivity index (χ0n) is 11.2. The van der Waals surface area contributed by atoms with E-state index in [1.54, 1.807) is 11.8 Å². The second kappa shape index (κ2) is 6.73. The number of benzene rings is 2. The molecule has 0 aliphatic carbocycles. The van der Waals surface area contributed by atoms with Crippen LogP contribution in [0, 0.1) is 5.82 Å². The minimum absolute atomic E-state index is 0.181. The SMILES string of the molecule is CNC(C)c1ccc(SCc2ccc(F)cc2)cc1. The van der Waals surface area contributed by atoms with Gasteiger partial charge in [-0.25, -0.2) is 4.39 Å². The molecule has 100 valence electrons. The fourth-order valence-electron chi connectivity index (χ4n) is 1.77. The van der Waals surface area contributed by atoms with E-state index in [1.165, 1.54) is 22.6 Å². The number of hydrogen-bond donors (Lipinski definition) is 1. The average molecular weight is 275 g/mol. The van der Waals surface area contributed by atoms with Crippen molar-refractivity contribution in [3.8, 4) is 0 Å². The highest BCUT2D eigenvalue weighted by molar-refractivity contribution is 7.98. The molecule has 1 N–H and O–H groups in total. The largest absolute Gasteiger partial charge is 0.313 e. The molecule has 0 aliphatic heterocycles. The van der Waals surface area contributed by atoms with E-state index in [9.17, 15) is 4.39 Å². The topological polar surface area (TPSA) is 12.0 Å². The minimum atomic E-state index is -0.181. The summed E-state index contributed by atoms with van der Waals surface area (Å²) in [6.07, 6.45) is 0. The molecular weight excluding hydrogens is 257 g/mol. The molecule has 0 radical (unpaired) electrons. The Bertz CT molecular complexity index is 507. The predicted molar refractivity (Wildman–Crippen MR) is 79.9 cm³/mol. The molecule has 1 unspecified atom stereocenters. The van der Waals surface area contributed by atoms with Crippen LogP contribution in [-0.2, 0) is 5.75 Å². The molecule has 0 heterocycles. The Hall–Kier alpha value is -1.32. The predicted octanol–water partition coefficient (Wildman–Crippen LogP) is 4.40. The van der Waals surface area contributed by atoms with Gasteiger partial charge < -0.3 is 5.32 Å². The van der Waals surface area contributed by atoms with Crippen molar-refractivity contribution in [3.63, 3.8) is 0 Å². The fourth-order valence-corrected chi connectivity index (χ4v) is 2.62. The summed E-state index contributed by atoms with van der Waals surface area (Å²) < 4.78 is 12.8. The van der Waals surface area contributed by atoms with Crippen LogP contribution in [0.3, 0.4) is 0 Å². The van der Waals surface area contributed by atoms with Crippen LogP contribution in [-0.4, -0.2) is 7.05 Å². The van der Waals surface area contributed by atoms with Gasteiger partial charge in [0.1, 0.15) is 5.82 Å². The maximum absolute atomic E-state index is 12.8. The number of thioether (sulfide) groups is 1. The van der Waals surface area contributed by atoms with Crippen LogP contribution in [0.2, 0.25) is 0 Å². The first-order valence-corrected chi connectivity index (χ1v) is 7.32. The Kier molecular flexibility index (Phi) is 5.00. The second-order valence-electron chi connectivity index (χ2n) is 4.49. The lowest BCUT2D eigenvalue weighted by atomic mass is 10.1. The monoisotopic (exact) mass is 275 g/mol. The standard InChI is InChI=1S/C16H18FNS/c1-12(18-2)14-5-9-16(10-6-14)19-11-13-3-7-15(17)8-4-13/h3-10,12,18H,11H2,1-2H3. The number of nitrogens with one attached hydrogen (secondary N) is 1. The van der Waals surface area contributed by atoms with Gasteiger partial charge in [0, 0.05) is 16.7 Å². The minimum Gasteiger partial charge on any atom is -0.313 e. The first-order chi connectivity index (χ1) is 9.19. The molecule has 1 nitrogen and oxygen atoms in total. The van der Waals surface area contributed by atoms with Gasteiger partial charge in [0.2, 0.25) is 0 Å². The molecule has 0 aliphatic rings. The van der Waals surface area contributed by atoms with E-state index >= 15 is 0 Å². The van der Waals surface area contributed by atoms with Gasteiger partial charge in [-0.15, -0.1) is 11.8 Å². The molecule has 1 atom stereocenters. The summed E-state index contributed by atoms with van der Waals surface area (Å²) in [6.45, 7) is 2.14. The quantitative estimate of drug-likeness (QED) is 0.812. The van der Waals surface area contributed by atoms with E-state index < -0.39 is 0 Å². The zero-order valence-corrected chi connectivity index (χ0v) is 12.0. The molecule has 0 saturated heterocycles. The molecule has 0 saturated carbocycles. The van der Waals surface area contributed by atoms with Gasteiger partial charge in [-0.05, 0) is 49.4 Å². The Balaban J connectivity index is 1.94. The number of hydrogen-bond acceptors (Lipinski definition) is 2. The van der Waals surface area contributed by atoms with E-state index in [1.807, 2.05) is 19.2 Å². The highest BCUT2D eigenvalue weighted by Gasteiger charge is 2.02. The van der Waals surface area contributed by atoms with Crippen LogP contribution in [0.4, 0.5) is 4.39 Å². The third kappa shape index (κ3) is 4.08. The van der Waals surface area contributed by atoms with Crippen molar-refractivity contribution >= 4 is 11.8 Å². The highest BCUT2D eigenvalue weighted by Crippen LogP contribution is 2.24. The Morgan fingerprint density at radius 3 is 2.26 bits per heavy atom. The molecule has 2 aromatic carbocycles. The molecule has 3 heteroatoms. The van der Waals surface area contributed by atoms with Gasteiger partial charge in [0.15, 0.2) is 0 Å². The van der Waals surface area contributed by atoms with Crippen molar-refractivity contribution in [2.45, 2.75) is 23.6 Å². The summed E-state index contributed by atoms with van der Waals surface area (Å²) in [5.74, 6) is 0.681. The maximum atomic E-state index is 12.8. The first-order valence-electron chi connectivity index (χ1n) is 6.33. The van der Waals surface area contributed by atoms with Crippen molar-refractivity contribution in [1.29, 1.82) is 0 Å². The van der Waals surface area contributed by atoms with E-state index in [2.05, 4.69) is 36.5 Å².